The van der Waals surface area contributed by atoms with E-state index >= 15 is 0 Å². The van der Waals surface area contributed by atoms with Crippen LogP contribution in [0.3, 0.4) is 0 Å². The number of carbonyl (C=O) groups is 3. The van der Waals surface area contributed by atoms with E-state index in [1.165, 1.54) is 135 Å². The highest BCUT2D eigenvalue weighted by Crippen LogP contribution is 2.16. The maximum absolute atomic E-state index is 12.8. The van der Waals surface area contributed by atoms with Crippen LogP contribution in [-0.2, 0) is 28.6 Å². The third-order valence-electron chi connectivity index (χ3n) is 11.5. The van der Waals surface area contributed by atoms with Gasteiger partial charge >= 0.3 is 17.9 Å². The van der Waals surface area contributed by atoms with Crippen LogP contribution in [0, 0.1) is 0 Å². The van der Waals surface area contributed by atoms with Crippen molar-refractivity contribution in [3.8, 4) is 0 Å². The fourth-order valence-electron chi connectivity index (χ4n) is 7.45. The summed E-state index contributed by atoms with van der Waals surface area (Å²) in [6.45, 7) is 6.43. The minimum Gasteiger partial charge on any atom is -0.462 e. The topological polar surface area (TPSA) is 78.9 Å². The molecule has 0 rings (SSSR count). The van der Waals surface area contributed by atoms with E-state index in [0.29, 0.717) is 19.3 Å². The molecule has 0 aromatic heterocycles. The first-order chi connectivity index (χ1) is 32.0. The zero-order valence-corrected chi connectivity index (χ0v) is 42.5. The van der Waals surface area contributed by atoms with Crippen molar-refractivity contribution < 1.29 is 28.6 Å². The van der Waals surface area contributed by atoms with Crippen molar-refractivity contribution in [2.75, 3.05) is 13.2 Å². The first-order valence-corrected chi connectivity index (χ1v) is 27.2. The first kappa shape index (κ1) is 61.6. The van der Waals surface area contributed by atoms with Gasteiger partial charge in [0.25, 0.3) is 0 Å². The third-order valence-corrected chi connectivity index (χ3v) is 11.5. The van der Waals surface area contributed by atoms with Gasteiger partial charge in [0.15, 0.2) is 6.10 Å². The van der Waals surface area contributed by atoms with Crippen molar-refractivity contribution in [2.24, 2.45) is 0 Å². The lowest BCUT2D eigenvalue weighted by molar-refractivity contribution is -0.167. The van der Waals surface area contributed by atoms with Gasteiger partial charge in [-0.2, -0.15) is 0 Å². The molecule has 0 bridgehead atoms. The van der Waals surface area contributed by atoms with Crippen molar-refractivity contribution in [3.63, 3.8) is 0 Å². The predicted molar refractivity (Wildman–Crippen MR) is 279 cm³/mol. The van der Waals surface area contributed by atoms with E-state index in [-0.39, 0.29) is 37.5 Å². The summed E-state index contributed by atoms with van der Waals surface area (Å²) in [7, 11) is 0. The Morgan fingerprint density at radius 3 is 1.00 bits per heavy atom. The number of hydrogen-bond acceptors (Lipinski definition) is 6. The Morgan fingerprint density at radius 2 is 0.600 bits per heavy atom. The van der Waals surface area contributed by atoms with Crippen LogP contribution in [0.4, 0.5) is 0 Å². The van der Waals surface area contributed by atoms with Crippen LogP contribution in [0.1, 0.15) is 252 Å². The highest BCUT2D eigenvalue weighted by atomic mass is 16.6. The molecule has 0 aromatic rings. The summed E-state index contributed by atoms with van der Waals surface area (Å²) in [6.07, 6.45) is 68.5. The molecule has 0 fully saturated rings. The van der Waals surface area contributed by atoms with Gasteiger partial charge in [-0.3, -0.25) is 14.4 Å². The molecule has 6 nitrogen and oxygen atoms in total. The lowest BCUT2D eigenvalue weighted by Crippen LogP contribution is -2.30. The minimum atomic E-state index is -0.802. The van der Waals surface area contributed by atoms with Crippen LogP contribution >= 0.6 is 0 Å². The van der Waals surface area contributed by atoms with E-state index in [2.05, 4.69) is 57.2 Å². The van der Waals surface area contributed by atoms with E-state index in [0.717, 1.165) is 70.6 Å². The standard InChI is InChI=1S/C59H100O6/c1-4-7-10-13-16-19-22-25-28-29-32-34-37-40-43-46-49-52-58(61)64-55-56(65-59(62)53-50-47-44-41-38-35-31-27-24-21-18-15-12-9-6-3)54-63-57(60)51-48-45-42-39-36-33-30-26-23-20-17-14-11-8-5-2/h9,12,15,17-18,20-21,23-24,26-27,31,35,38,56H,4-8,10-11,13-14,16,19,22,25,28-30,32-34,36-37,39-55H2,1-3H3/b12-9-,18-15-,20-17-,24-21-,26-23-,31-27-,38-35-. The maximum atomic E-state index is 12.8. The Morgan fingerprint density at radius 1 is 0.323 bits per heavy atom. The average molecular weight is 905 g/mol. The molecule has 0 saturated heterocycles. The van der Waals surface area contributed by atoms with Gasteiger partial charge in [-0.25, -0.2) is 0 Å². The van der Waals surface area contributed by atoms with Gasteiger partial charge in [-0.05, 0) is 64.2 Å². The summed E-state index contributed by atoms with van der Waals surface area (Å²) in [4.78, 5) is 38.1. The Kier molecular flexibility index (Phi) is 50.4. The molecule has 0 aliphatic heterocycles. The number of ether oxygens (including phenoxy) is 3. The number of carbonyl (C=O) groups excluding carboxylic acids is 3. The molecule has 0 aliphatic rings. The zero-order valence-electron chi connectivity index (χ0n) is 42.5. The van der Waals surface area contributed by atoms with Gasteiger partial charge in [-0.1, -0.05) is 254 Å². The highest BCUT2D eigenvalue weighted by Gasteiger charge is 2.19. The molecule has 0 aromatic carbocycles. The summed E-state index contributed by atoms with van der Waals surface area (Å²) in [5.41, 5.74) is 0. The molecule has 372 valence electrons. The molecule has 6 heteroatoms. The number of allylic oxidation sites excluding steroid dienone is 14. The molecule has 0 amide bonds. The summed E-state index contributed by atoms with van der Waals surface area (Å²) in [5.74, 6) is -0.946. The van der Waals surface area contributed by atoms with Crippen molar-refractivity contribution in [1.29, 1.82) is 0 Å². The Hall–Kier alpha value is -3.41. The summed E-state index contributed by atoms with van der Waals surface area (Å²) in [6, 6.07) is 0. The summed E-state index contributed by atoms with van der Waals surface area (Å²) >= 11 is 0. The van der Waals surface area contributed by atoms with E-state index in [1.54, 1.807) is 0 Å². The number of unbranched alkanes of at least 4 members (excludes halogenated alkanes) is 28. The molecule has 1 atom stereocenters. The third kappa shape index (κ3) is 51.4. The van der Waals surface area contributed by atoms with Crippen molar-refractivity contribution in [3.05, 3.63) is 85.1 Å². The average Bonchev–Trinajstić information content (AvgIpc) is 3.30. The first-order valence-electron chi connectivity index (χ1n) is 27.2. The predicted octanol–water partition coefficient (Wildman–Crippen LogP) is 18.0. The number of esters is 3. The lowest BCUT2D eigenvalue weighted by Gasteiger charge is -2.18. The Balaban J connectivity index is 4.45. The molecular formula is C59H100O6. The molecule has 0 N–H and O–H groups in total. The minimum absolute atomic E-state index is 0.0963. The van der Waals surface area contributed by atoms with Gasteiger partial charge in [-0.15, -0.1) is 0 Å². The maximum Gasteiger partial charge on any atom is 0.306 e. The molecule has 0 heterocycles. The van der Waals surface area contributed by atoms with E-state index in [4.69, 9.17) is 14.2 Å². The molecule has 0 aliphatic carbocycles. The smallest absolute Gasteiger partial charge is 0.306 e. The second kappa shape index (κ2) is 53.2. The van der Waals surface area contributed by atoms with E-state index in [9.17, 15) is 14.4 Å². The second-order valence-corrected chi connectivity index (χ2v) is 17.9. The van der Waals surface area contributed by atoms with Crippen LogP contribution in [0.25, 0.3) is 0 Å². The van der Waals surface area contributed by atoms with Crippen LogP contribution in [0.15, 0.2) is 85.1 Å². The fourth-order valence-corrected chi connectivity index (χ4v) is 7.45. The fraction of sp³-hybridized carbons (Fsp3) is 0.712. The quantitative estimate of drug-likeness (QED) is 0.0262. The summed E-state index contributed by atoms with van der Waals surface area (Å²) < 4.78 is 16.8. The van der Waals surface area contributed by atoms with Crippen LogP contribution < -0.4 is 0 Å². The molecule has 65 heavy (non-hydrogen) atoms. The van der Waals surface area contributed by atoms with Crippen LogP contribution in [-0.4, -0.2) is 37.2 Å². The molecule has 1 unspecified atom stereocenters. The monoisotopic (exact) mass is 905 g/mol. The van der Waals surface area contributed by atoms with Crippen LogP contribution in [0.5, 0.6) is 0 Å². The van der Waals surface area contributed by atoms with Gasteiger partial charge < -0.3 is 14.2 Å². The molecule has 0 radical (unpaired) electrons. The lowest BCUT2D eigenvalue weighted by atomic mass is 10.0. The largest absolute Gasteiger partial charge is 0.462 e. The highest BCUT2D eigenvalue weighted by molar-refractivity contribution is 5.71. The molecular weight excluding hydrogens is 805 g/mol. The van der Waals surface area contributed by atoms with Crippen molar-refractivity contribution >= 4 is 17.9 Å². The van der Waals surface area contributed by atoms with Gasteiger partial charge in [0, 0.05) is 19.3 Å². The zero-order chi connectivity index (χ0) is 47.2. The molecule has 0 saturated carbocycles. The number of hydrogen-bond donors (Lipinski definition) is 0. The van der Waals surface area contributed by atoms with Crippen molar-refractivity contribution in [1.82, 2.24) is 0 Å². The van der Waals surface area contributed by atoms with Crippen molar-refractivity contribution in [2.45, 2.75) is 258 Å². The van der Waals surface area contributed by atoms with Gasteiger partial charge in [0.05, 0.1) is 0 Å². The SMILES string of the molecule is CC\C=C/C=C\C=C/C=C\C=C/CCCCCC(=O)OC(COC(=O)CCCCCCCC/C=C\C=C/CCCCC)COC(=O)CCCCCCCCCCCCCCCCCCC. The second-order valence-electron chi connectivity index (χ2n) is 17.9. The van der Waals surface area contributed by atoms with Crippen LogP contribution in [0.2, 0.25) is 0 Å². The van der Waals surface area contributed by atoms with E-state index < -0.39 is 6.10 Å². The molecule has 0 spiro atoms. The Bertz CT molecular complexity index is 1270. The summed E-state index contributed by atoms with van der Waals surface area (Å²) in [5, 5.41) is 0. The number of rotatable bonds is 48. The Labute approximate surface area is 401 Å². The van der Waals surface area contributed by atoms with Gasteiger partial charge in [0.2, 0.25) is 0 Å². The normalized spacial score (nSPS) is 12.7. The van der Waals surface area contributed by atoms with E-state index in [1.807, 2.05) is 48.6 Å². The van der Waals surface area contributed by atoms with Gasteiger partial charge in [0.1, 0.15) is 13.2 Å².